The second kappa shape index (κ2) is 4.02. The van der Waals surface area contributed by atoms with Gasteiger partial charge in [-0.25, -0.2) is 4.98 Å². The smallest absolute Gasteiger partial charge is 0.0931 e. The second-order valence-corrected chi connectivity index (χ2v) is 4.70. The summed E-state index contributed by atoms with van der Waals surface area (Å²) in [5, 5.41) is 9.16. The second-order valence-electron chi connectivity index (χ2n) is 3.19. The normalized spacial score (nSPS) is 13.3. The molecule has 0 aliphatic rings. The number of benzene rings is 1. The van der Waals surface area contributed by atoms with E-state index in [0.29, 0.717) is 0 Å². The van der Waals surface area contributed by atoms with Gasteiger partial charge in [0.05, 0.1) is 24.0 Å². The Morgan fingerprint density at radius 3 is 3.21 bits per heavy atom. The molecule has 1 heterocycles. The van der Waals surface area contributed by atoms with Crippen molar-refractivity contribution in [3.63, 3.8) is 0 Å². The first-order valence-electron chi connectivity index (χ1n) is 4.50. The SMILES string of the molecule is CC(CO)Sc1ccc2nc[nH]c2c1. The lowest BCUT2D eigenvalue weighted by Gasteiger charge is -2.06. The number of hydrogen-bond acceptors (Lipinski definition) is 3. The van der Waals surface area contributed by atoms with Crippen LogP contribution in [-0.4, -0.2) is 26.9 Å². The predicted octanol–water partition coefficient (Wildman–Crippen LogP) is 2.04. The fourth-order valence-electron chi connectivity index (χ4n) is 1.26. The van der Waals surface area contributed by atoms with Crippen LogP contribution >= 0.6 is 11.8 Å². The average molecular weight is 208 g/mol. The number of fused-ring (bicyclic) bond motifs is 1. The molecule has 2 aromatic rings. The third-order valence-corrected chi connectivity index (χ3v) is 3.06. The van der Waals surface area contributed by atoms with E-state index >= 15 is 0 Å². The standard InChI is InChI=1S/C10H12N2OS/c1-7(5-13)14-8-2-3-9-10(4-8)12-6-11-9/h2-4,6-7,13H,5H2,1H3,(H,11,12). The highest BCUT2D eigenvalue weighted by molar-refractivity contribution is 8.00. The molecule has 1 aromatic heterocycles. The summed E-state index contributed by atoms with van der Waals surface area (Å²) >= 11 is 1.66. The van der Waals surface area contributed by atoms with Gasteiger partial charge in [-0.15, -0.1) is 11.8 Å². The van der Waals surface area contributed by atoms with Crippen molar-refractivity contribution in [2.75, 3.05) is 6.61 Å². The van der Waals surface area contributed by atoms with E-state index in [9.17, 15) is 0 Å². The van der Waals surface area contributed by atoms with Crippen LogP contribution in [0.3, 0.4) is 0 Å². The van der Waals surface area contributed by atoms with Gasteiger partial charge in [0.25, 0.3) is 0 Å². The summed E-state index contributed by atoms with van der Waals surface area (Å²) in [6.07, 6.45) is 1.69. The first kappa shape index (κ1) is 9.55. The molecule has 0 saturated carbocycles. The van der Waals surface area contributed by atoms with Crippen LogP contribution in [0.1, 0.15) is 6.92 Å². The largest absolute Gasteiger partial charge is 0.395 e. The lowest BCUT2D eigenvalue weighted by Crippen LogP contribution is -2.01. The minimum absolute atomic E-state index is 0.200. The van der Waals surface area contributed by atoms with E-state index in [0.717, 1.165) is 15.9 Å². The maximum absolute atomic E-state index is 8.93. The first-order chi connectivity index (χ1) is 6.79. The van der Waals surface area contributed by atoms with Crippen molar-refractivity contribution in [3.8, 4) is 0 Å². The van der Waals surface area contributed by atoms with Gasteiger partial charge in [0.2, 0.25) is 0 Å². The van der Waals surface area contributed by atoms with Gasteiger partial charge in [-0.1, -0.05) is 6.92 Å². The van der Waals surface area contributed by atoms with E-state index in [-0.39, 0.29) is 11.9 Å². The predicted molar refractivity (Wildman–Crippen MR) is 58.5 cm³/mol. The van der Waals surface area contributed by atoms with Crippen LogP contribution in [0.15, 0.2) is 29.4 Å². The molecule has 14 heavy (non-hydrogen) atoms. The average Bonchev–Trinajstić information content (AvgIpc) is 2.64. The van der Waals surface area contributed by atoms with E-state index in [1.165, 1.54) is 0 Å². The molecule has 0 bridgehead atoms. The third-order valence-electron chi connectivity index (χ3n) is 1.99. The van der Waals surface area contributed by atoms with Crippen LogP contribution in [0, 0.1) is 0 Å². The van der Waals surface area contributed by atoms with Gasteiger partial charge in [-0.3, -0.25) is 0 Å². The van der Waals surface area contributed by atoms with Crippen LogP contribution in [-0.2, 0) is 0 Å². The molecule has 1 atom stereocenters. The van der Waals surface area contributed by atoms with Crippen LogP contribution in [0.25, 0.3) is 11.0 Å². The minimum Gasteiger partial charge on any atom is -0.395 e. The number of hydrogen-bond donors (Lipinski definition) is 2. The zero-order valence-corrected chi connectivity index (χ0v) is 8.71. The van der Waals surface area contributed by atoms with Crippen molar-refractivity contribution in [1.29, 1.82) is 0 Å². The molecular formula is C10H12N2OS. The molecule has 0 aliphatic heterocycles. The molecule has 1 aromatic carbocycles. The summed E-state index contributed by atoms with van der Waals surface area (Å²) in [6, 6.07) is 6.07. The fourth-order valence-corrected chi connectivity index (χ4v) is 2.13. The maximum Gasteiger partial charge on any atom is 0.0931 e. The molecule has 74 valence electrons. The summed E-state index contributed by atoms with van der Waals surface area (Å²) in [7, 11) is 0. The number of thioether (sulfide) groups is 1. The van der Waals surface area contributed by atoms with Gasteiger partial charge < -0.3 is 10.1 Å². The van der Waals surface area contributed by atoms with Gasteiger partial charge >= 0.3 is 0 Å². The number of rotatable bonds is 3. The highest BCUT2D eigenvalue weighted by atomic mass is 32.2. The Kier molecular flexibility index (Phi) is 2.74. The highest BCUT2D eigenvalue weighted by Crippen LogP contribution is 2.25. The molecule has 0 fully saturated rings. The van der Waals surface area contributed by atoms with E-state index in [2.05, 4.69) is 16.0 Å². The first-order valence-corrected chi connectivity index (χ1v) is 5.38. The quantitative estimate of drug-likeness (QED) is 0.759. The highest BCUT2D eigenvalue weighted by Gasteiger charge is 2.03. The maximum atomic E-state index is 8.93. The van der Waals surface area contributed by atoms with Crippen LogP contribution in [0.5, 0.6) is 0 Å². The monoisotopic (exact) mass is 208 g/mol. The Balaban J connectivity index is 2.25. The number of aliphatic hydroxyl groups is 1. The molecule has 0 aliphatic carbocycles. The minimum atomic E-state index is 0.200. The molecule has 3 nitrogen and oxygen atoms in total. The molecule has 2 rings (SSSR count). The number of aromatic amines is 1. The summed E-state index contributed by atoms with van der Waals surface area (Å²) in [4.78, 5) is 8.37. The lowest BCUT2D eigenvalue weighted by atomic mass is 10.3. The number of H-pyrrole nitrogens is 1. The van der Waals surface area contributed by atoms with Crippen molar-refractivity contribution in [2.24, 2.45) is 0 Å². The molecule has 0 radical (unpaired) electrons. The van der Waals surface area contributed by atoms with Crippen molar-refractivity contribution >= 4 is 22.8 Å². The van der Waals surface area contributed by atoms with Gasteiger partial charge in [0, 0.05) is 10.1 Å². The van der Waals surface area contributed by atoms with Gasteiger partial charge in [0.1, 0.15) is 0 Å². The van der Waals surface area contributed by atoms with Gasteiger partial charge in [-0.05, 0) is 18.2 Å². The van der Waals surface area contributed by atoms with Crippen LogP contribution < -0.4 is 0 Å². The van der Waals surface area contributed by atoms with E-state index in [1.807, 2.05) is 19.1 Å². The van der Waals surface area contributed by atoms with E-state index < -0.39 is 0 Å². The topological polar surface area (TPSA) is 48.9 Å². The Morgan fingerprint density at radius 2 is 2.43 bits per heavy atom. The zero-order chi connectivity index (χ0) is 9.97. The summed E-state index contributed by atoms with van der Waals surface area (Å²) in [5.41, 5.74) is 2.02. The molecule has 0 spiro atoms. The number of nitrogens with one attached hydrogen (secondary N) is 1. The summed E-state index contributed by atoms with van der Waals surface area (Å²) in [5.74, 6) is 0. The Bertz CT molecular complexity index is 427. The number of imidazole rings is 1. The molecular weight excluding hydrogens is 196 g/mol. The van der Waals surface area contributed by atoms with Crippen LogP contribution in [0.4, 0.5) is 0 Å². The Hall–Kier alpha value is -1.00. The summed E-state index contributed by atoms with van der Waals surface area (Å²) < 4.78 is 0. The number of aliphatic hydroxyl groups excluding tert-OH is 1. The molecule has 0 saturated heterocycles. The fraction of sp³-hybridized carbons (Fsp3) is 0.300. The van der Waals surface area contributed by atoms with Crippen molar-refractivity contribution < 1.29 is 5.11 Å². The Morgan fingerprint density at radius 1 is 1.57 bits per heavy atom. The number of aromatic nitrogens is 2. The van der Waals surface area contributed by atoms with Crippen LogP contribution in [0.2, 0.25) is 0 Å². The summed E-state index contributed by atoms with van der Waals surface area (Å²) in [6.45, 7) is 2.20. The van der Waals surface area contributed by atoms with Gasteiger partial charge in [-0.2, -0.15) is 0 Å². The Labute approximate surface area is 86.6 Å². The van der Waals surface area contributed by atoms with E-state index in [1.54, 1.807) is 18.1 Å². The third kappa shape index (κ3) is 1.91. The van der Waals surface area contributed by atoms with Crippen molar-refractivity contribution in [1.82, 2.24) is 9.97 Å². The lowest BCUT2D eigenvalue weighted by molar-refractivity contribution is 0.300. The molecule has 0 amide bonds. The number of nitrogens with zero attached hydrogens (tertiary/aromatic N) is 1. The molecule has 1 unspecified atom stereocenters. The van der Waals surface area contributed by atoms with Crippen molar-refractivity contribution in [3.05, 3.63) is 24.5 Å². The van der Waals surface area contributed by atoms with Crippen molar-refractivity contribution in [2.45, 2.75) is 17.1 Å². The zero-order valence-electron chi connectivity index (χ0n) is 7.90. The van der Waals surface area contributed by atoms with Gasteiger partial charge in [0.15, 0.2) is 0 Å². The molecule has 4 heteroatoms. The molecule has 2 N–H and O–H groups in total. The van der Waals surface area contributed by atoms with E-state index in [4.69, 9.17) is 5.11 Å².